The number of allylic oxidation sites excluding steroid dienone is 2. The van der Waals surface area contributed by atoms with Crippen LogP contribution in [0.5, 0.6) is 0 Å². The van der Waals surface area contributed by atoms with E-state index < -0.39 is 0 Å². The van der Waals surface area contributed by atoms with Gasteiger partial charge in [-0.25, -0.2) is 0 Å². The first kappa shape index (κ1) is 8.03. The molecule has 0 aliphatic heterocycles. The Morgan fingerprint density at radius 3 is 3.17 bits per heavy atom. The van der Waals surface area contributed by atoms with Gasteiger partial charge in [0.1, 0.15) is 0 Å². The Hall–Kier alpha value is -0.590. The summed E-state index contributed by atoms with van der Waals surface area (Å²) in [6.07, 6.45) is 7.79. The molecular formula is C11H16O. The SMILES string of the molecule is CC[C@@H]1CCCC2=CC(=O)C[C@H]21. The lowest BCUT2D eigenvalue weighted by Crippen LogP contribution is -2.19. The smallest absolute Gasteiger partial charge is 0.156 e. The molecular weight excluding hydrogens is 148 g/mol. The van der Waals surface area contributed by atoms with Crippen LogP contribution >= 0.6 is 0 Å². The van der Waals surface area contributed by atoms with Crippen LogP contribution in [-0.4, -0.2) is 5.78 Å². The van der Waals surface area contributed by atoms with Gasteiger partial charge >= 0.3 is 0 Å². The summed E-state index contributed by atoms with van der Waals surface area (Å²) in [5.74, 6) is 1.81. The minimum atomic E-state index is 0.371. The van der Waals surface area contributed by atoms with Gasteiger partial charge in [-0.1, -0.05) is 18.9 Å². The monoisotopic (exact) mass is 164 g/mol. The van der Waals surface area contributed by atoms with Crippen molar-refractivity contribution < 1.29 is 4.79 Å². The molecule has 0 bridgehead atoms. The second-order valence-corrected chi connectivity index (χ2v) is 4.06. The zero-order chi connectivity index (χ0) is 8.55. The van der Waals surface area contributed by atoms with E-state index in [0.717, 1.165) is 12.3 Å². The molecule has 0 heterocycles. The zero-order valence-corrected chi connectivity index (χ0v) is 7.68. The van der Waals surface area contributed by atoms with Crippen molar-refractivity contribution in [3.8, 4) is 0 Å². The maximum Gasteiger partial charge on any atom is 0.156 e. The third-order valence-electron chi connectivity index (χ3n) is 3.38. The van der Waals surface area contributed by atoms with Crippen molar-refractivity contribution in [3.63, 3.8) is 0 Å². The van der Waals surface area contributed by atoms with Crippen LogP contribution < -0.4 is 0 Å². The highest BCUT2D eigenvalue weighted by atomic mass is 16.1. The van der Waals surface area contributed by atoms with E-state index in [9.17, 15) is 4.79 Å². The van der Waals surface area contributed by atoms with E-state index in [-0.39, 0.29) is 0 Å². The lowest BCUT2D eigenvalue weighted by molar-refractivity contribution is -0.114. The van der Waals surface area contributed by atoms with Gasteiger partial charge in [-0.15, -0.1) is 0 Å². The predicted octanol–water partition coefficient (Wildman–Crippen LogP) is 2.71. The van der Waals surface area contributed by atoms with Crippen LogP contribution in [-0.2, 0) is 4.79 Å². The number of fused-ring (bicyclic) bond motifs is 1. The third kappa shape index (κ3) is 1.21. The van der Waals surface area contributed by atoms with E-state index in [1.54, 1.807) is 0 Å². The molecule has 2 atom stereocenters. The topological polar surface area (TPSA) is 17.1 Å². The van der Waals surface area contributed by atoms with E-state index in [4.69, 9.17) is 0 Å². The van der Waals surface area contributed by atoms with Crippen molar-refractivity contribution in [1.29, 1.82) is 0 Å². The van der Waals surface area contributed by atoms with Crippen LogP contribution in [0.25, 0.3) is 0 Å². The van der Waals surface area contributed by atoms with Crippen molar-refractivity contribution in [2.75, 3.05) is 0 Å². The number of hydrogen-bond donors (Lipinski definition) is 0. The first-order valence-electron chi connectivity index (χ1n) is 5.04. The molecule has 1 fully saturated rings. The minimum Gasteiger partial charge on any atom is -0.295 e. The molecule has 0 spiro atoms. The van der Waals surface area contributed by atoms with Gasteiger partial charge in [0.05, 0.1) is 0 Å². The molecule has 0 radical (unpaired) electrons. The predicted molar refractivity (Wildman–Crippen MR) is 48.8 cm³/mol. The zero-order valence-electron chi connectivity index (χ0n) is 7.68. The standard InChI is InChI=1S/C11H16O/c1-2-8-4-3-5-9-6-10(12)7-11(8)9/h6,8,11H,2-5,7H2,1H3/t8-,11+/m1/s1. The second-order valence-electron chi connectivity index (χ2n) is 4.06. The van der Waals surface area contributed by atoms with Crippen LogP contribution in [0, 0.1) is 11.8 Å². The molecule has 0 unspecified atom stereocenters. The van der Waals surface area contributed by atoms with E-state index in [1.807, 2.05) is 6.08 Å². The summed E-state index contributed by atoms with van der Waals surface area (Å²) in [4.78, 5) is 11.2. The number of rotatable bonds is 1. The first-order valence-corrected chi connectivity index (χ1v) is 5.04. The van der Waals surface area contributed by atoms with Gasteiger partial charge in [-0.3, -0.25) is 4.79 Å². The molecule has 0 aromatic heterocycles. The highest BCUT2D eigenvalue weighted by Gasteiger charge is 2.33. The van der Waals surface area contributed by atoms with Crippen LogP contribution in [0.1, 0.15) is 39.0 Å². The average Bonchev–Trinajstić information content (AvgIpc) is 2.44. The molecule has 1 saturated carbocycles. The van der Waals surface area contributed by atoms with Crippen LogP contribution in [0.2, 0.25) is 0 Å². The van der Waals surface area contributed by atoms with Gasteiger partial charge < -0.3 is 0 Å². The molecule has 1 nitrogen and oxygen atoms in total. The third-order valence-corrected chi connectivity index (χ3v) is 3.38. The second kappa shape index (κ2) is 3.04. The minimum absolute atomic E-state index is 0.371. The van der Waals surface area contributed by atoms with Gasteiger partial charge in [0.15, 0.2) is 5.78 Å². The molecule has 0 aromatic carbocycles. The summed E-state index contributed by atoms with van der Waals surface area (Å²) in [5, 5.41) is 0. The Morgan fingerprint density at radius 2 is 2.42 bits per heavy atom. The highest BCUT2D eigenvalue weighted by molar-refractivity contribution is 5.93. The fourth-order valence-electron chi connectivity index (χ4n) is 2.71. The maximum atomic E-state index is 11.2. The summed E-state index contributed by atoms with van der Waals surface area (Å²) >= 11 is 0. The Morgan fingerprint density at radius 1 is 1.58 bits per heavy atom. The van der Waals surface area contributed by atoms with Gasteiger partial charge in [0, 0.05) is 6.42 Å². The van der Waals surface area contributed by atoms with Crippen LogP contribution in [0.4, 0.5) is 0 Å². The average molecular weight is 164 g/mol. The lowest BCUT2D eigenvalue weighted by atomic mass is 9.76. The molecule has 12 heavy (non-hydrogen) atoms. The molecule has 0 amide bonds. The molecule has 66 valence electrons. The summed E-state index contributed by atoms with van der Waals surface area (Å²) in [6, 6.07) is 0. The Balaban J connectivity index is 2.16. The van der Waals surface area contributed by atoms with E-state index >= 15 is 0 Å². The van der Waals surface area contributed by atoms with E-state index in [0.29, 0.717) is 11.7 Å². The Labute approximate surface area is 73.8 Å². The molecule has 0 saturated heterocycles. The molecule has 2 aliphatic rings. The van der Waals surface area contributed by atoms with Gasteiger partial charge in [-0.2, -0.15) is 0 Å². The summed E-state index contributed by atoms with van der Waals surface area (Å²) in [5.41, 5.74) is 1.46. The largest absolute Gasteiger partial charge is 0.295 e. The summed E-state index contributed by atoms with van der Waals surface area (Å²) in [6.45, 7) is 2.25. The number of ketones is 1. The Bertz CT molecular complexity index is 227. The quantitative estimate of drug-likeness (QED) is 0.582. The number of carbonyl (C=O) groups excluding carboxylic acids is 1. The van der Waals surface area contributed by atoms with Crippen LogP contribution in [0.15, 0.2) is 11.6 Å². The van der Waals surface area contributed by atoms with E-state index in [2.05, 4.69) is 6.92 Å². The van der Waals surface area contributed by atoms with Crippen molar-refractivity contribution in [2.24, 2.45) is 11.8 Å². The van der Waals surface area contributed by atoms with Crippen molar-refractivity contribution in [3.05, 3.63) is 11.6 Å². The van der Waals surface area contributed by atoms with Crippen molar-refractivity contribution in [1.82, 2.24) is 0 Å². The molecule has 2 rings (SSSR count). The number of carbonyl (C=O) groups is 1. The van der Waals surface area contributed by atoms with E-state index in [1.165, 1.54) is 31.3 Å². The lowest BCUT2D eigenvalue weighted by Gasteiger charge is -2.29. The number of hydrogen-bond acceptors (Lipinski definition) is 1. The normalized spacial score (nSPS) is 34.8. The Kier molecular flexibility index (Phi) is 2.03. The van der Waals surface area contributed by atoms with Gasteiger partial charge in [-0.05, 0) is 37.2 Å². The summed E-state index contributed by atoms with van der Waals surface area (Å²) in [7, 11) is 0. The highest BCUT2D eigenvalue weighted by Crippen LogP contribution is 2.41. The molecule has 2 aliphatic carbocycles. The fraction of sp³-hybridized carbons (Fsp3) is 0.727. The molecule has 0 N–H and O–H groups in total. The van der Waals surface area contributed by atoms with Gasteiger partial charge in [0.2, 0.25) is 0 Å². The van der Waals surface area contributed by atoms with Crippen LogP contribution in [0.3, 0.4) is 0 Å². The van der Waals surface area contributed by atoms with Crippen molar-refractivity contribution in [2.45, 2.75) is 39.0 Å². The molecule has 0 aromatic rings. The first-order chi connectivity index (χ1) is 5.81. The maximum absolute atomic E-state index is 11.2. The molecule has 1 heteroatoms. The van der Waals surface area contributed by atoms with Gasteiger partial charge in [0.25, 0.3) is 0 Å². The fourth-order valence-corrected chi connectivity index (χ4v) is 2.71. The van der Waals surface area contributed by atoms with Crippen molar-refractivity contribution >= 4 is 5.78 Å². The summed E-state index contributed by atoms with van der Waals surface area (Å²) < 4.78 is 0.